The Kier molecular flexibility index (Phi) is 12.6. The Balaban J connectivity index is 0.000000712. The molecule has 0 radical (unpaired) electrons. The molecule has 0 spiro atoms. The molecule has 0 saturated carbocycles. The van der Waals surface area contributed by atoms with Crippen LogP contribution in [0.15, 0.2) is 42.5 Å². The maximum Gasteiger partial charge on any atom is 4.00 e. The zero-order chi connectivity index (χ0) is 24.8. The van der Waals surface area contributed by atoms with Crippen molar-refractivity contribution in [2.75, 3.05) is 0 Å². The Hall–Kier alpha value is -0.747. The van der Waals surface area contributed by atoms with Gasteiger partial charge >= 0.3 is 26.2 Å². The van der Waals surface area contributed by atoms with Crippen LogP contribution in [0.1, 0.15) is 108 Å². The second kappa shape index (κ2) is 12.9. The van der Waals surface area contributed by atoms with Crippen LogP contribution in [-0.2, 0) is 55.3 Å². The standard InChI is InChI=1S/C21H25.C12H19.2ClH.Zr/c1-20(2,3)16-9-7-14-11-15-8-10-17(21(4,5)6)13-19(15)18(14)12-16;1-6-10-7-9(2)8-11(10)12(3,4)5;;;/h7,9-10,12-13H,11H2,1-6H3;7-8H,6H2,1-5H3;2*1H;/q2*-1;;;+4/p-2. The van der Waals surface area contributed by atoms with Crippen LogP contribution < -0.4 is 24.8 Å². The molecular weight excluding hydrogens is 558 g/mol. The summed E-state index contributed by atoms with van der Waals surface area (Å²) in [6.07, 6.45) is 2.18. The zero-order valence-corrected chi connectivity index (χ0v) is 28.2. The number of aryl methyl sites for hydroxylation is 2. The monoisotopic (exact) mass is 600 g/mol. The van der Waals surface area contributed by atoms with Gasteiger partial charge in [0.05, 0.1) is 0 Å². The molecule has 3 heteroatoms. The largest absolute Gasteiger partial charge is 4.00 e. The van der Waals surface area contributed by atoms with Gasteiger partial charge in [-0.15, -0.1) is 5.56 Å². The minimum absolute atomic E-state index is 0. The molecular formula is C33H44Cl2Zr. The fourth-order valence-electron chi connectivity index (χ4n) is 4.69. The summed E-state index contributed by atoms with van der Waals surface area (Å²) in [4.78, 5) is 0. The van der Waals surface area contributed by atoms with Crippen molar-refractivity contribution in [2.24, 2.45) is 0 Å². The molecule has 0 heterocycles. The summed E-state index contributed by atoms with van der Waals surface area (Å²) in [5, 5.41) is 0. The molecule has 3 aromatic rings. The normalized spacial score (nSPS) is 12.2. The predicted octanol–water partition coefficient (Wildman–Crippen LogP) is 3.23. The molecule has 1 aliphatic carbocycles. The van der Waals surface area contributed by atoms with Gasteiger partial charge in [0.1, 0.15) is 0 Å². The van der Waals surface area contributed by atoms with E-state index in [9.17, 15) is 0 Å². The quantitative estimate of drug-likeness (QED) is 0.294. The molecule has 0 aliphatic heterocycles. The number of fused-ring (bicyclic) bond motifs is 3. The number of halogens is 2. The van der Waals surface area contributed by atoms with Crippen molar-refractivity contribution in [1.82, 2.24) is 0 Å². The van der Waals surface area contributed by atoms with Gasteiger partial charge in [-0.2, -0.15) is 52.1 Å². The molecule has 0 bridgehead atoms. The first kappa shape index (κ1) is 35.3. The Bertz CT molecular complexity index is 1070. The van der Waals surface area contributed by atoms with E-state index < -0.39 is 0 Å². The molecule has 0 fully saturated rings. The molecule has 36 heavy (non-hydrogen) atoms. The Morgan fingerprint density at radius 2 is 1.33 bits per heavy atom. The van der Waals surface area contributed by atoms with Gasteiger partial charge in [-0.05, 0) is 17.4 Å². The molecule has 0 aromatic heterocycles. The van der Waals surface area contributed by atoms with Crippen LogP contribution >= 0.6 is 0 Å². The van der Waals surface area contributed by atoms with Gasteiger partial charge in [-0.3, -0.25) is 0 Å². The summed E-state index contributed by atoms with van der Waals surface area (Å²) in [5.41, 5.74) is 13.5. The van der Waals surface area contributed by atoms with E-state index >= 15 is 0 Å². The Morgan fingerprint density at radius 3 is 1.81 bits per heavy atom. The van der Waals surface area contributed by atoms with Crippen LogP contribution in [0.25, 0.3) is 11.1 Å². The average molecular weight is 603 g/mol. The number of rotatable bonds is 1. The first-order valence-corrected chi connectivity index (χ1v) is 12.6. The summed E-state index contributed by atoms with van der Waals surface area (Å²) in [7, 11) is 0. The molecule has 0 N–H and O–H groups in total. The number of hydrogen-bond donors (Lipinski definition) is 0. The van der Waals surface area contributed by atoms with Crippen LogP contribution in [0, 0.1) is 13.0 Å². The number of hydrogen-bond acceptors (Lipinski definition) is 0. The number of benzene rings is 2. The van der Waals surface area contributed by atoms with Gasteiger partial charge in [0.15, 0.2) is 0 Å². The maximum atomic E-state index is 3.53. The van der Waals surface area contributed by atoms with Gasteiger partial charge in [0.25, 0.3) is 0 Å². The fraction of sp³-hybridized carbons (Fsp3) is 0.485. The molecule has 0 amide bonds. The Morgan fingerprint density at radius 1 is 0.778 bits per heavy atom. The van der Waals surface area contributed by atoms with Gasteiger partial charge < -0.3 is 24.8 Å². The second-order valence-corrected chi connectivity index (χ2v) is 12.9. The van der Waals surface area contributed by atoms with Gasteiger partial charge in [0.2, 0.25) is 0 Å². The van der Waals surface area contributed by atoms with E-state index in [1.165, 1.54) is 50.1 Å². The second-order valence-electron chi connectivity index (χ2n) is 12.9. The van der Waals surface area contributed by atoms with Crippen molar-refractivity contribution in [3.8, 4) is 11.1 Å². The first-order chi connectivity index (χ1) is 15.1. The van der Waals surface area contributed by atoms with Gasteiger partial charge in [0, 0.05) is 0 Å². The average Bonchev–Trinajstić information content (AvgIpc) is 3.26. The first-order valence-electron chi connectivity index (χ1n) is 12.6. The SMILES string of the molecule is CC(C)(C)c1c[c-]c2c(c1)-c1cc(C(C)(C)C)ccc1C2.CCc1[cH-]c(C)cc1C(C)(C)C.[Cl-].[Cl-].[Zr+4]. The topological polar surface area (TPSA) is 0 Å². The van der Waals surface area contributed by atoms with E-state index in [0.29, 0.717) is 5.41 Å². The molecule has 194 valence electrons. The third kappa shape index (κ3) is 8.12. The third-order valence-electron chi connectivity index (χ3n) is 6.83. The molecule has 0 saturated heterocycles. The summed E-state index contributed by atoms with van der Waals surface area (Å²) < 4.78 is 0. The molecule has 4 rings (SSSR count). The van der Waals surface area contributed by atoms with Crippen molar-refractivity contribution >= 4 is 0 Å². The summed E-state index contributed by atoms with van der Waals surface area (Å²) >= 11 is 0. The summed E-state index contributed by atoms with van der Waals surface area (Å²) in [6.45, 7) is 24.9. The van der Waals surface area contributed by atoms with Gasteiger partial charge in [-0.25, -0.2) is 6.07 Å². The van der Waals surface area contributed by atoms with Crippen LogP contribution in [-0.4, -0.2) is 0 Å². The van der Waals surface area contributed by atoms with Crippen molar-refractivity contribution in [2.45, 2.75) is 105 Å². The molecule has 0 atom stereocenters. The van der Waals surface area contributed by atoms with Crippen molar-refractivity contribution < 1.29 is 51.0 Å². The zero-order valence-electron chi connectivity index (χ0n) is 24.2. The minimum Gasteiger partial charge on any atom is -1.00 e. The molecule has 0 nitrogen and oxygen atoms in total. The van der Waals surface area contributed by atoms with E-state index in [2.05, 4.69) is 125 Å². The van der Waals surface area contributed by atoms with E-state index in [1.807, 2.05) is 0 Å². The van der Waals surface area contributed by atoms with E-state index in [0.717, 1.165) is 12.8 Å². The van der Waals surface area contributed by atoms with Crippen LogP contribution in [0.3, 0.4) is 0 Å². The smallest absolute Gasteiger partial charge is 1.00 e. The van der Waals surface area contributed by atoms with Crippen molar-refractivity contribution in [3.05, 3.63) is 87.5 Å². The van der Waals surface area contributed by atoms with E-state index in [4.69, 9.17) is 0 Å². The van der Waals surface area contributed by atoms with E-state index in [-0.39, 0.29) is 61.8 Å². The minimum atomic E-state index is 0. The predicted molar refractivity (Wildman–Crippen MR) is 146 cm³/mol. The summed E-state index contributed by atoms with van der Waals surface area (Å²) in [6, 6.07) is 19.7. The van der Waals surface area contributed by atoms with Crippen LogP contribution in [0.5, 0.6) is 0 Å². The van der Waals surface area contributed by atoms with Crippen LogP contribution in [0.2, 0.25) is 0 Å². The van der Waals surface area contributed by atoms with Crippen LogP contribution in [0.4, 0.5) is 0 Å². The molecule has 3 aromatic carbocycles. The van der Waals surface area contributed by atoms with Gasteiger partial charge in [-0.1, -0.05) is 123 Å². The fourth-order valence-corrected chi connectivity index (χ4v) is 4.69. The summed E-state index contributed by atoms with van der Waals surface area (Å²) in [5.74, 6) is 0. The molecule has 0 unspecified atom stereocenters. The van der Waals surface area contributed by atoms with E-state index in [1.54, 1.807) is 0 Å². The van der Waals surface area contributed by atoms with Crippen molar-refractivity contribution in [1.29, 1.82) is 0 Å². The molecule has 1 aliphatic rings. The maximum absolute atomic E-state index is 3.53. The Labute approximate surface area is 253 Å². The third-order valence-corrected chi connectivity index (χ3v) is 6.83. The van der Waals surface area contributed by atoms with Crippen molar-refractivity contribution in [3.63, 3.8) is 0 Å².